The summed E-state index contributed by atoms with van der Waals surface area (Å²) in [5, 5.41) is 2.82. The molecule has 32 heavy (non-hydrogen) atoms. The van der Waals surface area contributed by atoms with Gasteiger partial charge in [0.2, 0.25) is 15.9 Å². The number of anilines is 1. The zero-order valence-corrected chi connectivity index (χ0v) is 18.9. The largest absolute Gasteiger partial charge is 0.325 e. The van der Waals surface area contributed by atoms with Gasteiger partial charge in [0.1, 0.15) is 5.82 Å². The molecule has 2 fully saturated rings. The number of hydrogen-bond donors (Lipinski definition) is 1. The molecule has 0 bridgehead atoms. The maximum absolute atomic E-state index is 13.9. The molecule has 9 heteroatoms. The van der Waals surface area contributed by atoms with Gasteiger partial charge in [-0.25, -0.2) is 12.8 Å². The summed E-state index contributed by atoms with van der Waals surface area (Å²) in [6.07, 6.45) is 1.76. The molecular weight excluding hydrogens is 431 g/mol. The number of sulfonamides is 1. The van der Waals surface area contributed by atoms with E-state index in [4.69, 9.17) is 0 Å². The second kappa shape index (κ2) is 10.1. The van der Waals surface area contributed by atoms with Crippen molar-refractivity contribution in [1.29, 1.82) is 0 Å². The molecule has 1 amide bonds. The van der Waals surface area contributed by atoms with Crippen molar-refractivity contribution in [2.24, 2.45) is 0 Å². The third kappa shape index (κ3) is 5.53. The summed E-state index contributed by atoms with van der Waals surface area (Å²) in [7, 11) is -3.52. The summed E-state index contributed by atoms with van der Waals surface area (Å²) in [4.78, 5) is 17.0. The Hall–Kier alpha value is -2.33. The van der Waals surface area contributed by atoms with Crippen molar-refractivity contribution in [2.45, 2.75) is 24.3 Å². The maximum atomic E-state index is 13.9. The molecule has 2 aliphatic heterocycles. The summed E-state index contributed by atoms with van der Waals surface area (Å²) < 4.78 is 40.9. The quantitative estimate of drug-likeness (QED) is 0.687. The zero-order valence-electron chi connectivity index (χ0n) is 18.0. The Labute approximate surface area is 188 Å². The Balaban J connectivity index is 1.28. The Morgan fingerprint density at radius 2 is 1.59 bits per heavy atom. The molecule has 0 aliphatic carbocycles. The molecule has 2 aromatic rings. The molecule has 0 aromatic heterocycles. The molecule has 0 radical (unpaired) electrons. The highest BCUT2D eigenvalue weighted by Crippen LogP contribution is 2.23. The zero-order chi connectivity index (χ0) is 22.6. The van der Waals surface area contributed by atoms with Crippen LogP contribution >= 0.6 is 0 Å². The van der Waals surface area contributed by atoms with Crippen LogP contribution in [0.2, 0.25) is 0 Å². The van der Waals surface area contributed by atoms with E-state index < -0.39 is 10.0 Å². The van der Waals surface area contributed by atoms with E-state index in [1.54, 1.807) is 30.3 Å². The smallest absolute Gasteiger partial charge is 0.243 e. The Morgan fingerprint density at radius 3 is 2.31 bits per heavy atom. The van der Waals surface area contributed by atoms with Gasteiger partial charge in [0, 0.05) is 57.1 Å². The molecule has 7 nitrogen and oxygen atoms in total. The molecule has 0 saturated carbocycles. The first-order valence-corrected chi connectivity index (χ1v) is 12.4. The van der Waals surface area contributed by atoms with E-state index in [0.717, 1.165) is 25.9 Å². The van der Waals surface area contributed by atoms with Crippen molar-refractivity contribution < 1.29 is 17.6 Å². The van der Waals surface area contributed by atoms with E-state index in [0.29, 0.717) is 44.0 Å². The van der Waals surface area contributed by atoms with Crippen LogP contribution in [0.1, 0.15) is 18.4 Å². The number of nitrogens with one attached hydrogen (secondary N) is 1. The maximum Gasteiger partial charge on any atom is 0.243 e. The lowest BCUT2D eigenvalue weighted by atomic mass is 10.2. The number of halogens is 1. The van der Waals surface area contributed by atoms with E-state index >= 15 is 0 Å². The van der Waals surface area contributed by atoms with Gasteiger partial charge in [-0.15, -0.1) is 0 Å². The number of carbonyl (C=O) groups excluding carboxylic acids is 1. The number of carbonyl (C=O) groups is 1. The van der Waals surface area contributed by atoms with E-state index in [1.165, 1.54) is 16.4 Å². The van der Waals surface area contributed by atoms with Crippen LogP contribution in [-0.4, -0.2) is 74.2 Å². The van der Waals surface area contributed by atoms with Gasteiger partial charge in [0.25, 0.3) is 0 Å². The van der Waals surface area contributed by atoms with E-state index in [1.807, 2.05) is 6.07 Å². The number of hydrogen-bond acceptors (Lipinski definition) is 5. The minimum Gasteiger partial charge on any atom is -0.325 e. The number of benzene rings is 2. The molecule has 0 atom stereocenters. The molecule has 0 unspecified atom stereocenters. The summed E-state index contributed by atoms with van der Waals surface area (Å²) in [6.45, 7) is 4.82. The molecule has 2 saturated heterocycles. The van der Waals surface area contributed by atoms with Gasteiger partial charge in [-0.2, -0.15) is 4.31 Å². The standard InChI is InChI=1S/C23H29FN4O3S/c24-22-9-2-1-6-19(22)17-26-12-14-27(15-13-26)18-23(29)25-20-7-5-8-21(16-20)32(30,31)28-10-3-4-11-28/h1-2,5-9,16H,3-4,10-15,17-18H2,(H,25,29). The van der Waals surface area contributed by atoms with Crippen molar-refractivity contribution in [2.75, 3.05) is 51.1 Å². The van der Waals surface area contributed by atoms with Crippen LogP contribution in [0.25, 0.3) is 0 Å². The summed E-state index contributed by atoms with van der Waals surface area (Å²) in [5.74, 6) is -0.369. The second-order valence-corrected chi connectivity index (χ2v) is 10.3. The minimum atomic E-state index is -3.52. The fraction of sp³-hybridized carbons (Fsp3) is 0.435. The molecule has 172 valence electrons. The molecule has 2 aromatic carbocycles. The van der Waals surface area contributed by atoms with Crippen LogP contribution < -0.4 is 5.32 Å². The van der Waals surface area contributed by atoms with Gasteiger partial charge in [0.05, 0.1) is 11.4 Å². The molecular formula is C23H29FN4O3S. The topological polar surface area (TPSA) is 73.0 Å². The van der Waals surface area contributed by atoms with Gasteiger partial charge < -0.3 is 5.32 Å². The highest BCUT2D eigenvalue weighted by Gasteiger charge is 2.27. The highest BCUT2D eigenvalue weighted by molar-refractivity contribution is 7.89. The van der Waals surface area contributed by atoms with Crippen molar-refractivity contribution in [3.8, 4) is 0 Å². The molecule has 2 aliphatic rings. The summed E-state index contributed by atoms with van der Waals surface area (Å²) >= 11 is 0. The molecule has 2 heterocycles. The Bertz CT molecular complexity index is 1050. The van der Waals surface area contributed by atoms with Crippen LogP contribution in [0.15, 0.2) is 53.4 Å². The SMILES string of the molecule is O=C(CN1CCN(Cc2ccccc2F)CC1)Nc1cccc(S(=O)(=O)N2CCCC2)c1. The lowest BCUT2D eigenvalue weighted by Gasteiger charge is -2.34. The lowest BCUT2D eigenvalue weighted by molar-refractivity contribution is -0.117. The Morgan fingerprint density at radius 1 is 0.906 bits per heavy atom. The fourth-order valence-corrected chi connectivity index (χ4v) is 5.75. The van der Waals surface area contributed by atoms with E-state index in [2.05, 4.69) is 15.1 Å². The van der Waals surface area contributed by atoms with Crippen LogP contribution in [0.3, 0.4) is 0 Å². The van der Waals surface area contributed by atoms with Crippen molar-refractivity contribution in [3.63, 3.8) is 0 Å². The number of rotatable bonds is 7. The minimum absolute atomic E-state index is 0.178. The van der Waals surface area contributed by atoms with Gasteiger partial charge in [0.15, 0.2) is 0 Å². The second-order valence-electron chi connectivity index (χ2n) is 8.33. The summed E-state index contributed by atoms with van der Waals surface area (Å²) in [6, 6.07) is 13.2. The van der Waals surface area contributed by atoms with Crippen LogP contribution in [-0.2, 0) is 21.4 Å². The van der Waals surface area contributed by atoms with Crippen molar-refractivity contribution >= 4 is 21.6 Å². The van der Waals surface area contributed by atoms with Crippen LogP contribution in [0, 0.1) is 5.82 Å². The van der Waals surface area contributed by atoms with Crippen LogP contribution in [0.5, 0.6) is 0 Å². The van der Waals surface area contributed by atoms with Gasteiger partial charge in [-0.1, -0.05) is 24.3 Å². The normalized spacial score (nSPS) is 18.7. The third-order valence-corrected chi connectivity index (χ3v) is 7.90. The fourth-order valence-electron chi connectivity index (χ4n) is 4.19. The Kier molecular flexibility index (Phi) is 7.20. The third-order valence-electron chi connectivity index (χ3n) is 6.00. The highest BCUT2D eigenvalue weighted by atomic mass is 32.2. The number of amides is 1. The average molecular weight is 461 g/mol. The monoisotopic (exact) mass is 460 g/mol. The first-order chi connectivity index (χ1) is 15.4. The van der Waals surface area contributed by atoms with Crippen LogP contribution in [0.4, 0.5) is 10.1 Å². The first-order valence-electron chi connectivity index (χ1n) is 11.0. The lowest BCUT2D eigenvalue weighted by Crippen LogP contribution is -2.48. The number of nitrogens with zero attached hydrogens (tertiary/aromatic N) is 3. The molecule has 4 rings (SSSR count). The molecule has 0 spiro atoms. The predicted octanol–water partition coefficient (Wildman–Crippen LogP) is 2.37. The predicted molar refractivity (Wildman–Crippen MR) is 121 cm³/mol. The van der Waals surface area contributed by atoms with E-state index in [-0.39, 0.29) is 23.2 Å². The first kappa shape index (κ1) is 22.8. The average Bonchev–Trinajstić information content (AvgIpc) is 3.33. The van der Waals surface area contributed by atoms with Gasteiger partial charge in [-0.05, 0) is 37.1 Å². The van der Waals surface area contributed by atoms with Gasteiger partial charge in [-0.3, -0.25) is 14.6 Å². The van der Waals surface area contributed by atoms with Gasteiger partial charge >= 0.3 is 0 Å². The number of piperazine rings is 1. The molecule has 1 N–H and O–H groups in total. The van der Waals surface area contributed by atoms with Crippen molar-refractivity contribution in [1.82, 2.24) is 14.1 Å². The summed E-state index contributed by atoms with van der Waals surface area (Å²) in [5.41, 5.74) is 1.16. The van der Waals surface area contributed by atoms with E-state index in [9.17, 15) is 17.6 Å². The van der Waals surface area contributed by atoms with Crippen molar-refractivity contribution in [3.05, 3.63) is 59.9 Å².